The van der Waals surface area contributed by atoms with E-state index in [0.29, 0.717) is 16.3 Å². The molecule has 1 atom stereocenters. The first-order valence-electron chi connectivity index (χ1n) is 5.80. The number of hydrogen-bond donors (Lipinski definition) is 2. The van der Waals surface area contributed by atoms with E-state index < -0.39 is 17.9 Å². The fraction of sp³-hybridized carbons (Fsp3) is 0.154. The molecule has 1 aromatic carbocycles. The first-order valence-corrected chi connectivity index (χ1v) is 6.18. The minimum Gasteiger partial charge on any atom is -0.368 e. The molecule has 6 nitrogen and oxygen atoms in total. The summed E-state index contributed by atoms with van der Waals surface area (Å²) in [4.78, 5) is 22.7. The third kappa shape index (κ3) is 3.16. The molecule has 20 heavy (non-hydrogen) atoms. The first-order chi connectivity index (χ1) is 9.47. The van der Waals surface area contributed by atoms with Crippen LogP contribution in [0.1, 0.15) is 17.4 Å². The highest BCUT2D eigenvalue weighted by Crippen LogP contribution is 2.23. The number of rotatable bonds is 4. The van der Waals surface area contributed by atoms with Crippen molar-refractivity contribution in [2.24, 2.45) is 5.73 Å². The van der Waals surface area contributed by atoms with Crippen molar-refractivity contribution in [3.05, 3.63) is 41.0 Å². The van der Waals surface area contributed by atoms with Crippen LogP contribution in [0.5, 0.6) is 0 Å². The van der Waals surface area contributed by atoms with Crippen molar-refractivity contribution in [2.75, 3.05) is 0 Å². The van der Waals surface area contributed by atoms with Crippen LogP contribution in [0, 0.1) is 0 Å². The number of nitrogens with one attached hydrogen (secondary N) is 1. The van der Waals surface area contributed by atoms with E-state index in [1.807, 2.05) is 0 Å². The second kappa shape index (κ2) is 5.75. The molecular weight excluding hydrogens is 282 g/mol. The van der Waals surface area contributed by atoms with Crippen LogP contribution in [0.3, 0.4) is 0 Å². The molecule has 7 heteroatoms. The summed E-state index contributed by atoms with van der Waals surface area (Å²) in [5.41, 5.74) is 5.83. The normalized spacial score (nSPS) is 11.9. The Bertz CT molecular complexity index is 654. The molecule has 0 aliphatic rings. The fourth-order valence-corrected chi connectivity index (χ4v) is 1.69. The van der Waals surface area contributed by atoms with Gasteiger partial charge >= 0.3 is 0 Å². The number of hydrogen-bond acceptors (Lipinski definition) is 4. The molecule has 1 heterocycles. The molecule has 0 bridgehead atoms. The average molecular weight is 294 g/mol. The van der Waals surface area contributed by atoms with Gasteiger partial charge in [0.15, 0.2) is 11.5 Å². The minimum absolute atomic E-state index is 0.0630. The van der Waals surface area contributed by atoms with Crippen molar-refractivity contribution in [3.63, 3.8) is 0 Å². The SMILES string of the molecule is C[C@@H](NC(=O)c1cc(-c2cccc(Cl)c2)on1)C(N)=O. The number of halogens is 1. The Labute approximate surface area is 119 Å². The highest BCUT2D eigenvalue weighted by atomic mass is 35.5. The van der Waals surface area contributed by atoms with Gasteiger partial charge in [-0.3, -0.25) is 9.59 Å². The van der Waals surface area contributed by atoms with Crippen molar-refractivity contribution in [3.8, 4) is 11.3 Å². The Balaban J connectivity index is 2.17. The zero-order chi connectivity index (χ0) is 14.7. The van der Waals surface area contributed by atoms with Crippen LogP contribution in [0.4, 0.5) is 0 Å². The zero-order valence-electron chi connectivity index (χ0n) is 10.6. The van der Waals surface area contributed by atoms with E-state index in [-0.39, 0.29) is 5.69 Å². The highest BCUT2D eigenvalue weighted by Gasteiger charge is 2.18. The second-order valence-electron chi connectivity index (χ2n) is 4.18. The number of carbonyl (C=O) groups excluding carboxylic acids is 2. The number of aromatic nitrogens is 1. The fourth-order valence-electron chi connectivity index (χ4n) is 1.50. The number of amides is 2. The van der Waals surface area contributed by atoms with E-state index in [2.05, 4.69) is 10.5 Å². The average Bonchev–Trinajstić information content (AvgIpc) is 2.88. The lowest BCUT2D eigenvalue weighted by Gasteiger charge is -2.07. The van der Waals surface area contributed by atoms with E-state index in [9.17, 15) is 9.59 Å². The van der Waals surface area contributed by atoms with Crippen LogP contribution in [-0.2, 0) is 4.79 Å². The van der Waals surface area contributed by atoms with E-state index in [1.165, 1.54) is 13.0 Å². The topological polar surface area (TPSA) is 98.2 Å². The van der Waals surface area contributed by atoms with Gasteiger partial charge in [-0.05, 0) is 19.1 Å². The van der Waals surface area contributed by atoms with Crippen molar-refractivity contribution in [1.29, 1.82) is 0 Å². The lowest BCUT2D eigenvalue weighted by Crippen LogP contribution is -2.42. The van der Waals surface area contributed by atoms with Crippen molar-refractivity contribution < 1.29 is 14.1 Å². The van der Waals surface area contributed by atoms with Gasteiger partial charge in [0, 0.05) is 16.7 Å². The quantitative estimate of drug-likeness (QED) is 0.894. The van der Waals surface area contributed by atoms with Crippen LogP contribution in [0.2, 0.25) is 5.02 Å². The second-order valence-corrected chi connectivity index (χ2v) is 4.62. The maximum absolute atomic E-state index is 11.8. The Kier molecular flexibility index (Phi) is 4.05. The van der Waals surface area contributed by atoms with Crippen LogP contribution >= 0.6 is 11.6 Å². The summed E-state index contributed by atoms with van der Waals surface area (Å²) in [7, 11) is 0. The lowest BCUT2D eigenvalue weighted by atomic mass is 10.1. The number of nitrogens with two attached hydrogens (primary N) is 1. The predicted molar refractivity (Wildman–Crippen MR) is 73.1 cm³/mol. The summed E-state index contributed by atoms with van der Waals surface area (Å²) in [6.45, 7) is 1.48. The third-order valence-corrected chi connectivity index (χ3v) is 2.86. The van der Waals surface area contributed by atoms with E-state index in [0.717, 1.165) is 0 Å². The van der Waals surface area contributed by atoms with Gasteiger partial charge < -0.3 is 15.6 Å². The number of benzene rings is 1. The summed E-state index contributed by atoms with van der Waals surface area (Å²) in [6.07, 6.45) is 0. The molecular formula is C13H12ClN3O3. The molecule has 0 aliphatic heterocycles. The monoisotopic (exact) mass is 293 g/mol. The summed E-state index contributed by atoms with van der Waals surface area (Å²) in [5.74, 6) is -0.755. The number of carbonyl (C=O) groups is 2. The smallest absolute Gasteiger partial charge is 0.274 e. The van der Waals surface area contributed by atoms with Crippen LogP contribution in [0.25, 0.3) is 11.3 Å². The van der Waals surface area contributed by atoms with Crippen LogP contribution in [-0.4, -0.2) is 23.0 Å². The van der Waals surface area contributed by atoms with Crippen molar-refractivity contribution in [1.82, 2.24) is 10.5 Å². The van der Waals surface area contributed by atoms with E-state index >= 15 is 0 Å². The third-order valence-electron chi connectivity index (χ3n) is 2.63. The molecule has 0 saturated carbocycles. The lowest BCUT2D eigenvalue weighted by molar-refractivity contribution is -0.119. The van der Waals surface area contributed by atoms with Gasteiger partial charge in [-0.25, -0.2) is 0 Å². The van der Waals surface area contributed by atoms with Gasteiger partial charge in [0.1, 0.15) is 6.04 Å². The van der Waals surface area contributed by atoms with Gasteiger partial charge in [-0.15, -0.1) is 0 Å². The summed E-state index contributed by atoms with van der Waals surface area (Å²) < 4.78 is 5.08. The van der Waals surface area contributed by atoms with E-state index in [1.54, 1.807) is 24.3 Å². The summed E-state index contributed by atoms with van der Waals surface area (Å²) in [5, 5.41) is 6.61. The van der Waals surface area contributed by atoms with Gasteiger partial charge in [0.25, 0.3) is 5.91 Å². The van der Waals surface area contributed by atoms with Gasteiger partial charge in [-0.1, -0.05) is 28.9 Å². The maximum Gasteiger partial charge on any atom is 0.274 e. The van der Waals surface area contributed by atoms with Crippen molar-refractivity contribution >= 4 is 23.4 Å². The summed E-state index contributed by atoms with van der Waals surface area (Å²) in [6, 6.07) is 7.64. The zero-order valence-corrected chi connectivity index (χ0v) is 11.3. The molecule has 2 rings (SSSR count). The molecule has 0 aliphatic carbocycles. The molecule has 0 saturated heterocycles. The van der Waals surface area contributed by atoms with Gasteiger partial charge in [-0.2, -0.15) is 0 Å². The maximum atomic E-state index is 11.8. The Morgan fingerprint density at radius 2 is 2.15 bits per heavy atom. The number of primary amides is 1. The molecule has 2 aromatic rings. The summed E-state index contributed by atoms with van der Waals surface area (Å²) >= 11 is 5.88. The Morgan fingerprint density at radius 1 is 1.40 bits per heavy atom. The molecule has 1 aromatic heterocycles. The first kappa shape index (κ1) is 14.1. The van der Waals surface area contributed by atoms with Crippen LogP contribution in [0.15, 0.2) is 34.9 Å². The standard InChI is InChI=1S/C13H12ClN3O3/c1-7(12(15)18)16-13(19)10-6-11(20-17-10)8-3-2-4-9(14)5-8/h2-7H,1H3,(H2,15,18)(H,16,19)/t7-/m1/s1. The number of nitrogens with zero attached hydrogens (tertiary/aromatic N) is 1. The molecule has 2 amide bonds. The van der Waals surface area contributed by atoms with Gasteiger partial charge in [0.2, 0.25) is 5.91 Å². The molecule has 0 spiro atoms. The Hall–Kier alpha value is -2.34. The molecule has 104 valence electrons. The minimum atomic E-state index is -0.784. The molecule has 3 N–H and O–H groups in total. The Morgan fingerprint density at radius 3 is 2.80 bits per heavy atom. The van der Waals surface area contributed by atoms with Crippen LogP contribution < -0.4 is 11.1 Å². The van der Waals surface area contributed by atoms with Gasteiger partial charge in [0.05, 0.1) is 0 Å². The molecule has 0 radical (unpaired) electrons. The highest BCUT2D eigenvalue weighted by molar-refractivity contribution is 6.30. The molecule has 0 unspecified atom stereocenters. The van der Waals surface area contributed by atoms with E-state index in [4.69, 9.17) is 21.9 Å². The predicted octanol–water partition coefficient (Wildman–Crippen LogP) is 1.60. The molecule has 0 fully saturated rings. The largest absolute Gasteiger partial charge is 0.368 e. The van der Waals surface area contributed by atoms with Crippen molar-refractivity contribution in [2.45, 2.75) is 13.0 Å².